The van der Waals surface area contributed by atoms with Crippen molar-refractivity contribution in [1.29, 1.82) is 0 Å². The predicted octanol–water partition coefficient (Wildman–Crippen LogP) is 2.63. The molecule has 0 saturated carbocycles. The minimum atomic E-state index is 0.340. The highest BCUT2D eigenvalue weighted by Gasteiger charge is 2.03. The summed E-state index contributed by atoms with van der Waals surface area (Å²) >= 11 is 1.72. The zero-order chi connectivity index (χ0) is 12.0. The van der Waals surface area contributed by atoms with Crippen LogP contribution < -0.4 is 11.1 Å². The van der Waals surface area contributed by atoms with Gasteiger partial charge in [-0.2, -0.15) is 4.98 Å². The SMILES string of the molecule is CCCNc1cc(SCC(C)C)nc(N)n1. The van der Waals surface area contributed by atoms with Crippen LogP contribution in [0.5, 0.6) is 0 Å². The van der Waals surface area contributed by atoms with Gasteiger partial charge in [-0.25, -0.2) is 4.98 Å². The molecule has 1 aromatic heterocycles. The number of nitrogens with two attached hydrogens (primary N) is 1. The van der Waals surface area contributed by atoms with Crippen LogP contribution in [0, 0.1) is 5.92 Å². The number of nitrogens with one attached hydrogen (secondary N) is 1. The van der Waals surface area contributed by atoms with Crippen molar-refractivity contribution in [3.8, 4) is 0 Å². The van der Waals surface area contributed by atoms with Gasteiger partial charge in [0.05, 0.1) is 0 Å². The Morgan fingerprint density at radius 2 is 2.19 bits per heavy atom. The molecule has 1 rings (SSSR count). The van der Waals surface area contributed by atoms with E-state index in [1.807, 2.05) is 6.07 Å². The molecule has 0 atom stereocenters. The van der Waals surface area contributed by atoms with Crippen molar-refractivity contribution >= 4 is 23.5 Å². The number of hydrogen-bond acceptors (Lipinski definition) is 5. The van der Waals surface area contributed by atoms with E-state index in [2.05, 4.69) is 36.1 Å². The monoisotopic (exact) mass is 240 g/mol. The minimum absolute atomic E-state index is 0.340. The van der Waals surface area contributed by atoms with Crippen LogP contribution in [0.3, 0.4) is 0 Å². The molecule has 4 nitrogen and oxygen atoms in total. The van der Waals surface area contributed by atoms with Crippen LogP contribution in [0.2, 0.25) is 0 Å². The Morgan fingerprint density at radius 3 is 2.81 bits per heavy atom. The Hall–Kier alpha value is -0.970. The topological polar surface area (TPSA) is 63.8 Å². The number of nitrogens with zero attached hydrogens (tertiary/aromatic N) is 2. The van der Waals surface area contributed by atoms with Crippen LogP contribution in [0.25, 0.3) is 0 Å². The number of rotatable bonds is 6. The summed E-state index contributed by atoms with van der Waals surface area (Å²) in [5, 5.41) is 4.16. The quantitative estimate of drug-likeness (QED) is 0.591. The fourth-order valence-corrected chi connectivity index (χ4v) is 1.97. The number of thioether (sulfide) groups is 1. The summed E-state index contributed by atoms with van der Waals surface area (Å²) in [6.45, 7) is 7.40. The molecular formula is C11H20N4S. The van der Waals surface area contributed by atoms with E-state index in [0.717, 1.165) is 29.6 Å². The van der Waals surface area contributed by atoms with Gasteiger partial charge in [-0.05, 0) is 12.3 Å². The fourth-order valence-electron chi connectivity index (χ4n) is 1.11. The summed E-state index contributed by atoms with van der Waals surface area (Å²) in [7, 11) is 0. The highest BCUT2D eigenvalue weighted by Crippen LogP contribution is 2.21. The molecule has 0 unspecified atom stereocenters. The van der Waals surface area contributed by atoms with E-state index in [9.17, 15) is 0 Å². The highest BCUT2D eigenvalue weighted by molar-refractivity contribution is 7.99. The molecule has 0 fully saturated rings. The Balaban J connectivity index is 2.65. The highest BCUT2D eigenvalue weighted by atomic mass is 32.2. The van der Waals surface area contributed by atoms with Crippen molar-refractivity contribution in [3.05, 3.63) is 6.07 Å². The molecule has 1 heterocycles. The first-order valence-electron chi connectivity index (χ1n) is 5.63. The van der Waals surface area contributed by atoms with E-state index in [4.69, 9.17) is 5.73 Å². The van der Waals surface area contributed by atoms with Gasteiger partial charge in [0.1, 0.15) is 10.8 Å². The van der Waals surface area contributed by atoms with Crippen molar-refractivity contribution in [1.82, 2.24) is 9.97 Å². The lowest BCUT2D eigenvalue weighted by Gasteiger charge is -2.08. The van der Waals surface area contributed by atoms with Crippen LogP contribution in [0.4, 0.5) is 11.8 Å². The minimum Gasteiger partial charge on any atom is -0.370 e. The van der Waals surface area contributed by atoms with E-state index >= 15 is 0 Å². The number of nitrogen functional groups attached to an aromatic ring is 1. The van der Waals surface area contributed by atoms with Gasteiger partial charge in [0.15, 0.2) is 0 Å². The van der Waals surface area contributed by atoms with Crippen LogP contribution >= 0.6 is 11.8 Å². The van der Waals surface area contributed by atoms with Gasteiger partial charge < -0.3 is 11.1 Å². The summed E-state index contributed by atoms with van der Waals surface area (Å²) < 4.78 is 0. The molecule has 1 aromatic rings. The first-order chi connectivity index (χ1) is 7.61. The van der Waals surface area contributed by atoms with Crippen molar-refractivity contribution in [3.63, 3.8) is 0 Å². The van der Waals surface area contributed by atoms with Crippen LogP contribution in [-0.4, -0.2) is 22.3 Å². The lowest BCUT2D eigenvalue weighted by Crippen LogP contribution is -2.05. The Morgan fingerprint density at radius 1 is 1.44 bits per heavy atom. The van der Waals surface area contributed by atoms with Crippen LogP contribution in [-0.2, 0) is 0 Å². The molecule has 0 amide bonds. The van der Waals surface area contributed by atoms with Gasteiger partial charge in [-0.3, -0.25) is 0 Å². The summed E-state index contributed by atoms with van der Waals surface area (Å²) in [5.41, 5.74) is 5.66. The molecule has 16 heavy (non-hydrogen) atoms. The van der Waals surface area contributed by atoms with Gasteiger partial charge in [0.25, 0.3) is 0 Å². The lowest BCUT2D eigenvalue weighted by molar-refractivity contribution is 0.749. The van der Waals surface area contributed by atoms with Gasteiger partial charge in [0, 0.05) is 18.4 Å². The largest absolute Gasteiger partial charge is 0.370 e. The van der Waals surface area contributed by atoms with Crippen LogP contribution in [0.15, 0.2) is 11.1 Å². The molecular weight excluding hydrogens is 220 g/mol. The second-order valence-electron chi connectivity index (χ2n) is 4.08. The molecule has 0 aliphatic carbocycles. The Kier molecular flexibility index (Phi) is 5.38. The number of anilines is 2. The molecule has 0 saturated heterocycles. The third kappa shape index (κ3) is 4.70. The van der Waals surface area contributed by atoms with Crippen molar-refractivity contribution < 1.29 is 0 Å². The molecule has 0 aliphatic rings. The zero-order valence-corrected chi connectivity index (χ0v) is 11.0. The smallest absolute Gasteiger partial charge is 0.223 e. The summed E-state index contributed by atoms with van der Waals surface area (Å²) in [6, 6.07) is 1.96. The zero-order valence-electron chi connectivity index (χ0n) is 10.2. The molecule has 0 aliphatic heterocycles. The average Bonchev–Trinajstić information content (AvgIpc) is 2.23. The van der Waals surface area contributed by atoms with E-state index in [1.165, 1.54) is 0 Å². The molecule has 5 heteroatoms. The maximum absolute atomic E-state index is 5.66. The van der Waals surface area contributed by atoms with E-state index in [0.29, 0.717) is 11.9 Å². The molecule has 0 aromatic carbocycles. The van der Waals surface area contributed by atoms with Gasteiger partial charge in [0.2, 0.25) is 5.95 Å². The Labute approximate surface area is 101 Å². The third-order valence-corrected chi connectivity index (χ3v) is 3.18. The van der Waals surface area contributed by atoms with Gasteiger partial charge >= 0.3 is 0 Å². The summed E-state index contributed by atoms with van der Waals surface area (Å²) in [4.78, 5) is 8.34. The number of hydrogen-bond donors (Lipinski definition) is 2. The summed E-state index contributed by atoms with van der Waals surface area (Å²) in [5.74, 6) is 2.85. The molecule has 3 N–H and O–H groups in total. The summed E-state index contributed by atoms with van der Waals surface area (Å²) in [6.07, 6.45) is 1.07. The van der Waals surface area contributed by atoms with Gasteiger partial charge in [-0.1, -0.05) is 20.8 Å². The third-order valence-electron chi connectivity index (χ3n) is 1.84. The van der Waals surface area contributed by atoms with E-state index in [1.54, 1.807) is 11.8 Å². The van der Waals surface area contributed by atoms with Crippen molar-refractivity contribution in [2.24, 2.45) is 5.92 Å². The maximum Gasteiger partial charge on any atom is 0.223 e. The Bertz CT molecular complexity index is 328. The van der Waals surface area contributed by atoms with Crippen molar-refractivity contribution in [2.75, 3.05) is 23.3 Å². The van der Waals surface area contributed by atoms with E-state index < -0.39 is 0 Å². The van der Waals surface area contributed by atoms with Gasteiger partial charge in [-0.15, -0.1) is 11.8 Å². The average molecular weight is 240 g/mol. The number of aromatic nitrogens is 2. The maximum atomic E-state index is 5.66. The molecule has 90 valence electrons. The first-order valence-corrected chi connectivity index (χ1v) is 6.61. The lowest BCUT2D eigenvalue weighted by atomic mass is 10.3. The normalized spacial score (nSPS) is 10.8. The molecule has 0 radical (unpaired) electrons. The van der Waals surface area contributed by atoms with E-state index in [-0.39, 0.29) is 0 Å². The molecule has 0 bridgehead atoms. The van der Waals surface area contributed by atoms with Crippen molar-refractivity contribution in [2.45, 2.75) is 32.2 Å². The second kappa shape index (κ2) is 6.58. The standard InChI is InChI=1S/C11H20N4S/c1-4-5-13-9-6-10(15-11(12)14-9)16-7-8(2)3/h6,8H,4-5,7H2,1-3H3,(H3,12,13,14,15). The first kappa shape index (κ1) is 13.1. The predicted molar refractivity (Wildman–Crippen MR) is 70.8 cm³/mol. The molecule has 0 spiro atoms. The second-order valence-corrected chi connectivity index (χ2v) is 5.12. The van der Waals surface area contributed by atoms with Crippen LogP contribution in [0.1, 0.15) is 27.2 Å². The fraction of sp³-hybridized carbons (Fsp3) is 0.636.